The van der Waals surface area contributed by atoms with Crippen LogP contribution < -0.4 is 10.6 Å². The van der Waals surface area contributed by atoms with E-state index in [-0.39, 0.29) is 40.3 Å². The van der Waals surface area contributed by atoms with Gasteiger partial charge in [0, 0.05) is 35.6 Å². The summed E-state index contributed by atoms with van der Waals surface area (Å²) in [6.07, 6.45) is 2.49. The normalized spacial score (nSPS) is 27.3. The molecule has 3 aliphatic rings. The van der Waals surface area contributed by atoms with Gasteiger partial charge in [-0.2, -0.15) is 0 Å². The van der Waals surface area contributed by atoms with Crippen molar-refractivity contribution in [2.24, 2.45) is 11.3 Å². The van der Waals surface area contributed by atoms with Crippen LogP contribution in [0.2, 0.25) is 10.0 Å². The lowest BCUT2D eigenvalue weighted by Gasteiger charge is -2.38. The molecule has 5 nitrogen and oxygen atoms in total. The van der Waals surface area contributed by atoms with Crippen LogP contribution in [0.1, 0.15) is 63.5 Å². The quantitative estimate of drug-likeness (QED) is 0.384. The molecule has 2 saturated heterocycles. The van der Waals surface area contributed by atoms with Gasteiger partial charge in [-0.15, -0.1) is 0 Å². The molecule has 0 aromatic heterocycles. The molecule has 3 aliphatic heterocycles. The monoisotopic (exact) mass is 591 g/mol. The van der Waals surface area contributed by atoms with Crippen molar-refractivity contribution in [1.82, 2.24) is 10.2 Å². The van der Waals surface area contributed by atoms with Crippen LogP contribution >= 0.6 is 23.2 Å². The minimum atomic E-state index is -1.25. The number of benzene rings is 2. The second-order valence-electron chi connectivity index (χ2n) is 12.7. The van der Waals surface area contributed by atoms with E-state index in [0.717, 1.165) is 25.9 Å². The Morgan fingerprint density at radius 1 is 1.15 bits per heavy atom. The largest absolute Gasteiger partial charge is 0.325 e. The van der Waals surface area contributed by atoms with Crippen LogP contribution in [0.4, 0.5) is 14.5 Å². The van der Waals surface area contributed by atoms with Gasteiger partial charge in [-0.3, -0.25) is 9.59 Å². The molecule has 4 atom stereocenters. The van der Waals surface area contributed by atoms with Crippen LogP contribution in [-0.2, 0) is 15.0 Å². The maximum absolute atomic E-state index is 15.9. The van der Waals surface area contributed by atoms with Gasteiger partial charge < -0.3 is 15.5 Å². The fourth-order valence-corrected chi connectivity index (χ4v) is 7.50. The smallest absolute Gasteiger partial charge is 0.237 e. The number of nitrogens with one attached hydrogen (secondary N) is 2. The van der Waals surface area contributed by atoms with Gasteiger partial charge in [0.2, 0.25) is 5.91 Å². The Balaban J connectivity index is 1.60. The van der Waals surface area contributed by atoms with Crippen molar-refractivity contribution in [2.75, 3.05) is 31.6 Å². The van der Waals surface area contributed by atoms with Crippen molar-refractivity contribution in [3.63, 3.8) is 0 Å². The molecule has 0 bridgehead atoms. The molecular weight excluding hydrogens is 555 g/mol. The van der Waals surface area contributed by atoms with E-state index in [1.54, 1.807) is 24.3 Å². The second kappa shape index (κ2) is 11.3. The first kappa shape index (κ1) is 29.4. The SMILES string of the molecule is CC(C)(C)C[C@H]1N[C@@H](C(=O)CC2CCN(CCF)CC2)[C@H](c2cccc(Cl)c2F)[C@@]12C(=O)Nc1cc(Cl)ccc12. The number of Topliss-reactive ketones (excluding diaryl/α,β-unsaturated/α-hetero) is 1. The molecule has 0 unspecified atom stereocenters. The van der Waals surface area contributed by atoms with Gasteiger partial charge >= 0.3 is 0 Å². The second-order valence-corrected chi connectivity index (χ2v) is 13.6. The Bertz CT molecular complexity index is 1290. The molecule has 3 heterocycles. The van der Waals surface area contributed by atoms with E-state index < -0.39 is 29.2 Å². The minimum absolute atomic E-state index is 0.0423. The van der Waals surface area contributed by atoms with Gasteiger partial charge in [0.05, 0.1) is 11.1 Å². The number of rotatable bonds is 7. The summed E-state index contributed by atoms with van der Waals surface area (Å²) in [7, 11) is 0. The van der Waals surface area contributed by atoms with Crippen molar-refractivity contribution in [2.45, 2.75) is 69.9 Å². The van der Waals surface area contributed by atoms with Gasteiger partial charge in [0.15, 0.2) is 5.78 Å². The third kappa shape index (κ3) is 5.31. The van der Waals surface area contributed by atoms with E-state index in [1.165, 1.54) is 6.07 Å². The van der Waals surface area contributed by atoms with Crippen LogP contribution in [0.25, 0.3) is 0 Å². The molecule has 0 aliphatic carbocycles. The molecule has 1 spiro atoms. The summed E-state index contributed by atoms with van der Waals surface area (Å²) >= 11 is 12.6. The lowest BCUT2D eigenvalue weighted by atomic mass is 9.62. The lowest BCUT2D eigenvalue weighted by molar-refractivity contribution is -0.123. The molecule has 2 N–H and O–H groups in total. The van der Waals surface area contributed by atoms with E-state index >= 15 is 4.39 Å². The highest BCUT2D eigenvalue weighted by atomic mass is 35.5. The van der Waals surface area contributed by atoms with Crippen LogP contribution in [0.5, 0.6) is 0 Å². The van der Waals surface area contributed by atoms with E-state index in [2.05, 4.69) is 36.3 Å². The number of alkyl halides is 1. The molecule has 0 radical (unpaired) electrons. The number of carbonyl (C=O) groups is 2. The number of hydrogen-bond acceptors (Lipinski definition) is 4. The van der Waals surface area contributed by atoms with E-state index in [4.69, 9.17) is 23.2 Å². The van der Waals surface area contributed by atoms with Gasteiger partial charge in [0.25, 0.3) is 0 Å². The van der Waals surface area contributed by atoms with Crippen molar-refractivity contribution in [3.8, 4) is 0 Å². The summed E-state index contributed by atoms with van der Waals surface area (Å²) in [5.74, 6) is -1.60. The molecule has 0 saturated carbocycles. The Morgan fingerprint density at radius 2 is 1.88 bits per heavy atom. The molecule has 1 amide bonds. The fraction of sp³-hybridized carbons (Fsp3) is 0.548. The van der Waals surface area contributed by atoms with E-state index in [0.29, 0.717) is 35.7 Å². The van der Waals surface area contributed by atoms with E-state index in [9.17, 15) is 14.0 Å². The number of amides is 1. The number of hydrogen-bond donors (Lipinski definition) is 2. The predicted octanol–water partition coefficient (Wildman–Crippen LogP) is 6.52. The number of piperidine rings is 1. The van der Waals surface area contributed by atoms with Crippen molar-refractivity contribution in [1.29, 1.82) is 0 Å². The maximum Gasteiger partial charge on any atom is 0.237 e. The van der Waals surface area contributed by atoms with Gasteiger partial charge in [-0.25, -0.2) is 8.78 Å². The third-order valence-electron chi connectivity index (χ3n) is 8.88. The van der Waals surface area contributed by atoms with E-state index in [1.807, 2.05) is 6.07 Å². The standard InChI is InChI=1S/C31H37Cl2F2N3O2/c1-30(2,3)17-25-31(21-8-7-19(32)16-23(21)36-29(31)40)26(20-5-4-6-22(33)27(20)35)28(37-25)24(39)15-18-9-12-38(13-10-18)14-11-34/h4-8,16,18,25-26,28,37H,9-15,17H2,1-3H3,(H,36,40)/t25-,26+,28+,31+/m1/s1. The zero-order chi connectivity index (χ0) is 28.8. The van der Waals surface area contributed by atoms with Crippen LogP contribution in [0.3, 0.4) is 0 Å². The Labute approximate surface area is 245 Å². The average Bonchev–Trinajstić information content (AvgIpc) is 3.36. The third-order valence-corrected chi connectivity index (χ3v) is 9.41. The summed E-state index contributed by atoms with van der Waals surface area (Å²) in [5, 5.41) is 7.01. The maximum atomic E-state index is 15.9. The first-order chi connectivity index (χ1) is 19.0. The lowest BCUT2D eigenvalue weighted by Crippen LogP contribution is -2.49. The average molecular weight is 593 g/mol. The number of likely N-dealkylation sites (tertiary alicyclic amines) is 1. The number of halogens is 4. The van der Waals surface area contributed by atoms with Gasteiger partial charge in [-0.1, -0.05) is 62.2 Å². The van der Waals surface area contributed by atoms with Crippen molar-refractivity contribution >= 4 is 40.6 Å². The number of anilines is 1. The molecule has 216 valence electrons. The van der Waals surface area contributed by atoms with Crippen LogP contribution in [-0.4, -0.2) is 55.0 Å². The molecular formula is C31H37Cl2F2N3O2. The van der Waals surface area contributed by atoms with Crippen molar-refractivity contribution in [3.05, 3.63) is 63.4 Å². The Morgan fingerprint density at radius 3 is 2.55 bits per heavy atom. The summed E-state index contributed by atoms with van der Waals surface area (Å²) < 4.78 is 28.7. The summed E-state index contributed by atoms with van der Waals surface area (Å²) in [6, 6.07) is 8.83. The summed E-state index contributed by atoms with van der Waals surface area (Å²) in [6.45, 7) is 7.80. The van der Waals surface area contributed by atoms with Gasteiger partial charge in [0.1, 0.15) is 17.9 Å². The highest BCUT2D eigenvalue weighted by Gasteiger charge is 2.66. The Kier molecular flexibility index (Phi) is 8.33. The predicted molar refractivity (Wildman–Crippen MR) is 155 cm³/mol. The highest BCUT2D eigenvalue weighted by molar-refractivity contribution is 6.31. The zero-order valence-corrected chi connectivity index (χ0v) is 24.7. The molecule has 2 aromatic rings. The molecule has 40 heavy (non-hydrogen) atoms. The topological polar surface area (TPSA) is 61.4 Å². The number of nitrogens with zero attached hydrogens (tertiary/aromatic N) is 1. The first-order valence-electron chi connectivity index (χ1n) is 14.1. The fourth-order valence-electron chi connectivity index (χ4n) is 7.15. The van der Waals surface area contributed by atoms with Crippen LogP contribution in [0.15, 0.2) is 36.4 Å². The Hall–Kier alpha value is -2.06. The minimum Gasteiger partial charge on any atom is -0.325 e. The molecule has 2 fully saturated rings. The van der Waals surface area contributed by atoms with Gasteiger partial charge in [-0.05, 0) is 73.0 Å². The summed E-state index contributed by atoms with van der Waals surface area (Å²) in [5.41, 5.74) is 0.106. The number of carbonyl (C=O) groups excluding carboxylic acids is 2. The highest BCUT2D eigenvalue weighted by Crippen LogP contribution is 2.57. The number of fused-ring (bicyclic) bond motifs is 2. The molecule has 9 heteroatoms. The number of ketones is 1. The molecule has 5 rings (SSSR count). The molecule has 2 aromatic carbocycles. The zero-order valence-electron chi connectivity index (χ0n) is 23.2. The van der Waals surface area contributed by atoms with Crippen LogP contribution in [0, 0.1) is 17.2 Å². The summed E-state index contributed by atoms with van der Waals surface area (Å²) in [4.78, 5) is 30.5. The van der Waals surface area contributed by atoms with Crippen molar-refractivity contribution < 1.29 is 18.4 Å². The first-order valence-corrected chi connectivity index (χ1v) is 14.8.